The standard InChI is InChI=1S/C22H28N4O6.C14H14O4.2ClH/c27-11-9-23-5-7-25-13-1-2-14(26-8-6-24-10-12-28)18-17(13)21(31)19-15(29)3-4-16(30)20(19)22(18)32;1-9(2)5-6-17-13-8-12-10(7-11(13)15)3-4-14(16)18-12;;/h1-4,23-30H,5-12H2;3-5,7-8,15H,6H2,1-2H3;2*1H. The minimum atomic E-state index is -0.559. The van der Waals surface area contributed by atoms with E-state index in [-0.39, 0.29) is 77.5 Å². The maximum Gasteiger partial charge on any atom is 0.336 e. The van der Waals surface area contributed by atoms with Gasteiger partial charge in [0.25, 0.3) is 0 Å². The average Bonchev–Trinajstić information content (AvgIpc) is 3.08. The molecule has 1 aliphatic rings. The van der Waals surface area contributed by atoms with Gasteiger partial charge in [-0.3, -0.25) is 9.59 Å². The van der Waals surface area contributed by atoms with Crippen LogP contribution in [0.3, 0.4) is 0 Å². The zero-order valence-corrected chi connectivity index (χ0v) is 30.3. The predicted molar refractivity (Wildman–Crippen MR) is 204 cm³/mol. The van der Waals surface area contributed by atoms with Crippen molar-refractivity contribution in [3.8, 4) is 23.0 Å². The number of phenols is 3. The second-order valence-corrected chi connectivity index (χ2v) is 11.4. The molecule has 0 atom stereocenters. The molecule has 0 radical (unpaired) electrons. The van der Waals surface area contributed by atoms with Crippen molar-refractivity contribution in [3.05, 3.63) is 92.9 Å². The van der Waals surface area contributed by atoms with Gasteiger partial charge in [-0.15, -0.1) is 24.8 Å². The quantitative estimate of drug-likeness (QED) is 0.0322. The topological polar surface area (TPSA) is 223 Å². The van der Waals surface area contributed by atoms with Crippen molar-refractivity contribution in [1.82, 2.24) is 10.6 Å². The zero-order chi connectivity index (χ0) is 36.2. The summed E-state index contributed by atoms with van der Waals surface area (Å²) in [6.07, 6.45) is 1.89. The lowest BCUT2D eigenvalue weighted by Crippen LogP contribution is -2.28. The van der Waals surface area contributed by atoms with E-state index >= 15 is 0 Å². The number of carbonyl (C=O) groups excluding carboxylic acids is 2. The van der Waals surface area contributed by atoms with Crippen molar-refractivity contribution < 1.29 is 44.3 Å². The molecule has 1 aromatic heterocycles. The number of aliphatic hydroxyl groups excluding tert-OH is 2. The molecule has 0 fully saturated rings. The Morgan fingerprint density at radius 3 is 1.67 bits per heavy atom. The Bertz CT molecular complexity index is 1850. The second-order valence-electron chi connectivity index (χ2n) is 11.4. The Morgan fingerprint density at radius 1 is 0.673 bits per heavy atom. The molecule has 14 nitrogen and oxygen atoms in total. The van der Waals surface area contributed by atoms with Crippen molar-refractivity contribution in [2.24, 2.45) is 0 Å². The first-order valence-electron chi connectivity index (χ1n) is 16.0. The number of halogens is 2. The van der Waals surface area contributed by atoms with Crippen molar-refractivity contribution in [2.45, 2.75) is 13.8 Å². The monoisotopic (exact) mass is 762 g/mol. The third-order valence-electron chi connectivity index (χ3n) is 7.52. The molecule has 0 spiro atoms. The minimum Gasteiger partial charge on any atom is -0.507 e. The molecule has 0 saturated carbocycles. The Kier molecular flexibility index (Phi) is 17.4. The van der Waals surface area contributed by atoms with E-state index in [9.17, 15) is 29.7 Å². The summed E-state index contributed by atoms with van der Waals surface area (Å²) in [5, 5.41) is 61.0. The Labute approximate surface area is 312 Å². The number of allylic oxidation sites excluding steroid dienone is 1. The molecule has 0 bridgehead atoms. The minimum absolute atomic E-state index is 0. The second kappa shape index (κ2) is 20.9. The van der Waals surface area contributed by atoms with Gasteiger partial charge in [0.1, 0.15) is 23.7 Å². The van der Waals surface area contributed by atoms with Crippen molar-refractivity contribution in [3.63, 3.8) is 0 Å². The summed E-state index contributed by atoms with van der Waals surface area (Å²) in [4.78, 5) is 37.8. The largest absolute Gasteiger partial charge is 0.507 e. The van der Waals surface area contributed by atoms with Gasteiger partial charge in [0.05, 0.1) is 35.5 Å². The number of hydrogen-bond acceptors (Lipinski definition) is 14. The van der Waals surface area contributed by atoms with Gasteiger partial charge in [0, 0.05) is 68.2 Å². The van der Waals surface area contributed by atoms with Gasteiger partial charge >= 0.3 is 5.63 Å². The van der Waals surface area contributed by atoms with Gasteiger partial charge in [-0.2, -0.15) is 0 Å². The van der Waals surface area contributed by atoms with E-state index in [1.54, 1.807) is 18.2 Å². The summed E-state index contributed by atoms with van der Waals surface area (Å²) in [5.41, 5.74) is 1.77. The number of phenolic OH excluding ortho intramolecular Hbond substituents is 3. The van der Waals surface area contributed by atoms with E-state index in [0.717, 1.165) is 5.57 Å². The number of hydrogen-bond donors (Lipinski definition) is 9. The van der Waals surface area contributed by atoms with Crippen LogP contribution in [0, 0.1) is 0 Å². The maximum atomic E-state index is 13.4. The molecule has 1 aliphatic carbocycles. The molecule has 282 valence electrons. The van der Waals surface area contributed by atoms with E-state index in [0.29, 0.717) is 74.0 Å². The maximum absolute atomic E-state index is 13.4. The summed E-state index contributed by atoms with van der Waals surface area (Å²) in [6, 6.07) is 11.7. The van der Waals surface area contributed by atoms with Crippen LogP contribution >= 0.6 is 24.8 Å². The Morgan fingerprint density at radius 2 is 1.19 bits per heavy atom. The Hall–Kier alpha value is -4.83. The van der Waals surface area contributed by atoms with Crippen LogP contribution < -0.4 is 31.6 Å². The first-order valence-corrected chi connectivity index (χ1v) is 16.0. The van der Waals surface area contributed by atoms with Crippen LogP contribution in [-0.4, -0.2) is 96.2 Å². The van der Waals surface area contributed by atoms with Gasteiger partial charge in [-0.25, -0.2) is 4.79 Å². The lowest BCUT2D eigenvalue weighted by atomic mass is 9.81. The predicted octanol–water partition coefficient (Wildman–Crippen LogP) is 3.55. The smallest absolute Gasteiger partial charge is 0.336 e. The van der Waals surface area contributed by atoms with Gasteiger partial charge in [0.15, 0.2) is 11.5 Å². The molecule has 0 saturated heterocycles. The van der Waals surface area contributed by atoms with E-state index in [2.05, 4.69) is 21.3 Å². The number of ketones is 2. The molecule has 0 aliphatic heterocycles. The summed E-state index contributed by atoms with van der Waals surface area (Å²) in [7, 11) is 0. The summed E-state index contributed by atoms with van der Waals surface area (Å²) in [5.74, 6) is -1.53. The average molecular weight is 764 g/mol. The zero-order valence-electron chi connectivity index (χ0n) is 28.7. The highest BCUT2D eigenvalue weighted by atomic mass is 35.5. The third kappa shape index (κ3) is 10.8. The normalized spacial score (nSPS) is 11.2. The number of rotatable bonds is 15. The van der Waals surface area contributed by atoms with Gasteiger partial charge in [-0.05, 0) is 56.3 Å². The number of aliphatic hydroxyl groups is 2. The number of nitrogens with one attached hydrogen (secondary N) is 4. The molecule has 0 unspecified atom stereocenters. The number of fused-ring (bicyclic) bond motifs is 3. The van der Waals surface area contributed by atoms with Crippen LogP contribution in [0.1, 0.15) is 45.7 Å². The lowest BCUT2D eigenvalue weighted by molar-refractivity contribution is 0.0975. The number of carbonyl (C=O) groups is 2. The highest BCUT2D eigenvalue weighted by molar-refractivity contribution is 6.33. The number of benzene rings is 3. The van der Waals surface area contributed by atoms with Crippen LogP contribution in [0.5, 0.6) is 23.0 Å². The van der Waals surface area contributed by atoms with E-state index in [4.69, 9.17) is 19.4 Å². The molecular weight excluding hydrogens is 719 g/mol. The molecule has 3 aromatic carbocycles. The van der Waals surface area contributed by atoms with Crippen LogP contribution in [-0.2, 0) is 0 Å². The summed E-state index contributed by atoms with van der Waals surface area (Å²) >= 11 is 0. The van der Waals surface area contributed by atoms with E-state index in [1.807, 2.05) is 19.9 Å². The number of anilines is 2. The summed E-state index contributed by atoms with van der Waals surface area (Å²) in [6.45, 7) is 7.09. The Balaban J connectivity index is 0.000000399. The molecule has 0 amide bonds. The van der Waals surface area contributed by atoms with Gasteiger partial charge in [0.2, 0.25) is 11.6 Å². The number of ether oxygens (including phenoxy) is 1. The fourth-order valence-corrected chi connectivity index (χ4v) is 5.14. The van der Waals surface area contributed by atoms with Gasteiger partial charge < -0.3 is 56.0 Å². The third-order valence-corrected chi connectivity index (χ3v) is 7.52. The van der Waals surface area contributed by atoms with Crippen LogP contribution in [0.15, 0.2) is 69.4 Å². The molecule has 9 N–H and O–H groups in total. The van der Waals surface area contributed by atoms with Crippen molar-refractivity contribution in [2.75, 3.05) is 69.7 Å². The molecule has 5 rings (SSSR count). The molecular formula is C36H44Cl2N4O10. The molecule has 4 aromatic rings. The van der Waals surface area contributed by atoms with Crippen molar-refractivity contribution in [1.29, 1.82) is 0 Å². The number of aromatic hydroxyl groups is 3. The van der Waals surface area contributed by atoms with E-state index in [1.165, 1.54) is 30.3 Å². The summed E-state index contributed by atoms with van der Waals surface area (Å²) < 4.78 is 10.4. The first-order chi connectivity index (χ1) is 24.1. The van der Waals surface area contributed by atoms with Crippen LogP contribution in [0.4, 0.5) is 11.4 Å². The molecule has 52 heavy (non-hydrogen) atoms. The molecule has 1 heterocycles. The fourth-order valence-electron chi connectivity index (χ4n) is 5.14. The van der Waals surface area contributed by atoms with Gasteiger partial charge in [-0.1, -0.05) is 5.57 Å². The highest BCUT2D eigenvalue weighted by Gasteiger charge is 2.37. The highest BCUT2D eigenvalue weighted by Crippen LogP contribution is 2.42. The fraction of sp³-hybridized carbons (Fsp3) is 0.306. The van der Waals surface area contributed by atoms with Crippen molar-refractivity contribution >= 4 is 58.7 Å². The molecule has 16 heteroatoms. The van der Waals surface area contributed by atoms with E-state index < -0.39 is 17.2 Å². The van der Waals surface area contributed by atoms with Crippen LogP contribution in [0.25, 0.3) is 11.0 Å². The first kappa shape index (κ1) is 43.3. The SMILES string of the molecule is CC(C)=CCOc1cc2oc(=O)ccc2cc1O.Cl.Cl.O=C1c2c(O)ccc(O)c2C(=O)c2c(NCCNCCO)ccc(NCCNCCO)c21. The lowest BCUT2D eigenvalue weighted by Gasteiger charge is -2.25. The van der Waals surface area contributed by atoms with Crippen LogP contribution in [0.2, 0.25) is 0 Å².